The van der Waals surface area contributed by atoms with Crippen LogP contribution >= 0.6 is 11.6 Å². The number of carbonyl (C=O) groups excluding carboxylic acids is 1. The lowest BCUT2D eigenvalue weighted by Crippen LogP contribution is -2.42. The predicted molar refractivity (Wildman–Crippen MR) is 151 cm³/mol. The van der Waals surface area contributed by atoms with E-state index in [0.29, 0.717) is 10.6 Å². The third-order valence-corrected chi connectivity index (χ3v) is 8.93. The van der Waals surface area contributed by atoms with Crippen LogP contribution in [0.5, 0.6) is 0 Å². The van der Waals surface area contributed by atoms with Gasteiger partial charge in [0.25, 0.3) is 0 Å². The molecule has 1 N–H and O–H groups in total. The number of halogens is 1. The molecule has 8 nitrogen and oxygen atoms in total. The summed E-state index contributed by atoms with van der Waals surface area (Å²) in [4.78, 5) is 32.1. The van der Waals surface area contributed by atoms with Gasteiger partial charge in [0.05, 0.1) is 35.9 Å². The summed E-state index contributed by atoms with van der Waals surface area (Å²) in [6.07, 6.45) is 5.39. The lowest BCUT2D eigenvalue weighted by atomic mass is 9.91. The van der Waals surface area contributed by atoms with Gasteiger partial charge in [-0.2, -0.15) is 0 Å². The fraction of sp³-hybridized carbons (Fsp3) is 0.500. The average molecular weight is 554 g/mol. The van der Waals surface area contributed by atoms with Gasteiger partial charge in [0.15, 0.2) is 0 Å². The molecule has 1 aliphatic carbocycles. The van der Waals surface area contributed by atoms with Crippen molar-refractivity contribution in [1.82, 2.24) is 9.55 Å². The Kier molecular flexibility index (Phi) is 7.87. The van der Waals surface area contributed by atoms with E-state index in [1.807, 2.05) is 38.1 Å². The summed E-state index contributed by atoms with van der Waals surface area (Å²) in [5, 5.41) is 10.8. The van der Waals surface area contributed by atoms with E-state index in [1.165, 1.54) is 7.11 Å². The zero-order chi connectivity index (χ0) is 27.8. The smallest absolute Gasteiger partial charge is 0.414 e. The van der Waals surface area contributed by atoms with Crippen molar-refractivity contribution in [3.8, 4) is 0 Å². The molecule has 2 aliphatic rings. The quantitative estimate of drug-likeness (QED) is 0.377. The van der Waals surface area contributed by atoms with Crippen molar-refractivity contribution in [2.45, 2.75) is 82.9 Å². The van der Waals surface area contributed by atoms with Gasteiger partial charge in [0.2, 0.25) is 0 Å². The van der Waals surface area contributed by atoms with E-state index in [0.717, 1.165) is 72.2 Å². The number of amides is 1. The Morgan fingerprint density at radius 2 is 1.87 bits per heavy atom. The molecule has 208 valence electrons. The molecule has 1 amide bonds. The molecule has 3 aromatic rings. The molecule has 0 radical (unpaired) electrons. The number of methoxy groups -OCH3 is 2. The largest absolute Gasteiger partial charge is 0.481 e. The number of aryl methyl sites for hydroxylation is 2. The van der Waals surface area contributed by atoms with Crippen LogP contribution in [0.2, 0.25) is 5.02 Å². The van der Waals surface area contributed by atoms with Crippen LogP contribution in [0.3, 0.4) is 0 Å². The monoisotopic (exact) mass is 553 g/mol. The van der Waals surface area contributed by atoms with Crippen molar-refractivity contribution < 1.29 is 24.2 Å². The molecule has 1 aromatic heterocycles. The molecule has 0 bridgehead atoms. The molecule has 2 atom stereocenters. The molecule has 2 heterocycles. The Labute approximate surface area is 233 Å². The van der Waals surface area contributed by atoms with E-state index < -0.39 is 11.9 Å². The summed E-state index contributed by atoms with van der Waals surface area (Å²) >= 11 is 6.38. The van der Waals surface area contributed by atoms with Crippen molar-refractivity contribution >= 4 is 40.4 Å². The average Bonchev–Trinajstić information content (AvgIpc) is 3.31. The fourth-order valence-corrected chi connectivity index (χ4v) is 6.46. The van der Waals surface area contributed by atoms with Crippen molar-refractivity contribution in [2.24, 2.45) is 0 Å². The molecule has 9 heteroatoms. The first kappa shape index (κ1) is 27.5. The third-order valence-electron chi connectivity index (χ3n) is 8.52. The maximum absolute atomic E-state index is 12.7. The van der Waals surface area contributed by atoms with Crippen LogP contribution in [-0.4, -0.2) is 53.1 Å². The van der Waals surface area contributed by atoms with Crippen molar-refractivity contribution in [3.63, 3.8) is 0 Å². The number of imidazole rings is 1. The first-order chi connectivity index (χ1) is 18.7. The predicted octanol–water partition coefficient (Wildman–Crippen LogP) is 6.45. The van der Waals surface area contributed by atoms with Gasteiger partial charge in [-0.3, -0.25) is 9.69 Å². The van der Waals surface area contributed by atoms with E-state index in [9.17, 15) is 14.7 Å². The maximum Gasteiger partial charge on any atom is 0.414 e. The highest BCUT2D eigenvalue weighted by molar-refractivity contribution is 6.31. The number of aromatic nitrogens is 2. The van der Waals surface area contributed by atoms with E-state index in [-0.39, 0.29) is 30.7 Å². The van der Waals surface area contributed by atoms with E-state index in [2.05, 4.69) is 4.57 Å². The Morgan fingerprint density at radius 1 is 1.13 bits per heavy atom. The molecular formula is C30H36ClN3O5. The number of fused-ring (bicyclic) bond motifs is 3. The minimum absolute atomic E-state index is 0.0101. The van der Waals surface area contributed by atoms with Crippen molar-refractivity contribution in [1.29, 1.82) is 0 Å². The number of carboxylic acids is 1. The Morgan fingerprint density at radius 3 is 2.51 bits per heavy atom. The number of hydrogen-bond donors (Lipinski definition) is 1. The molecule has 39 heavy (non-hydrogen) atoms. The number of aliphatic carboxylic acids is 1. The van der Waals surface area contributed by atoms with Crippen LogP contribution in [0.1, 0.15) is 73.5 Å². The topological polar surface area (TPSA) is 93.9 Å². The zero-order valence-corrected chi connectivity index (χ0v) is 23.7. The molecule has 5 rings (SSSR count). The fourth-order valence-electron chi connectivity index (χ4n) is 6.27. The lowest BCUT2D eigenvalue weighted by Gasteiger charge is -2.34. The minimum Gasteiger partial charge on any atom is -0.481 e. The van der Waals surface area contributed by atoms with Crippen molar-refractivity contribution in [3.05, 3.63) is 57.9 Å². The standard InChI is InChI=1S/C30H36ClN3O5/c1-17-5-7-19(15-24(17)31)23(29(35)36)16-27-32-28-22-12-6-18(2)33(30(37)39-4)25(22)13-14-26(28)34(27)20-8-10-21(38-3)11-9-20/h5,7,13-15,18,20-21,23H,6,8-12,16H2,1-4H3,(H,35,36)/t18-,20?,21?,23+/m0/s1. The van der Waals surface area contributed by atoms with Gasteiger partial charge in [-0.15, -0.1) is 0 Å². The number of nitrogens with zero attached hydrogens (tertiary/aromatic N) is 3. The number of carboxylic acid groups (broad SMARTS) is 1. The van der Waals surface area contributed by atoms with E-state index >= 15 is 0 Å². The Bertz CT molecular complexity index is 1390. The zero-order valence-electron chi connectivity index (χ0n) is 22.9. The van der Waals surface area contributed by atoms with Gasteiger partial charge < -0.3 is 19.1 Å². The summed E-state index contributed by atoms with van der Waals surface area (Å²) in [5.41, 5.74) is 5.20. The van der Waals surface area contributed by atoms with Crippen LogP contribution in [0.15, 0.2) is 30.3 Å². The normalized spacial score (nSPS) is 22.0. The molecular weight excluding hydrogens is 518 g/mol. The number of hydrogen-bond acceptors (Lipinski definition) is 5. The maximum atomic E-state index is 12.7. The minimum atomic E-state index is -0.913. The summed E-state index contributed by atoms with van der Waals surface area (Å²) < 4.78 is 13.0. The summed E-state index contributed by atoms with van der Waals surface area (Å²) in [7, 11) is 3.15. The van der Waals surface area contributed by atoms with Crippen molar-refractivity contribution in [2.75, 3.05) is 19.1 Å². The van der Waals surface area contributed by atoms with E-state index in [1.54, 1.807) is 18.1 Å². The molecule has 2 aromatic carbocycles. The molecule has 1 fully saturated rings. The third kappa shape index (κ3) is 5.12. The number of rotatable bonds is 6. The Hall–Kier alpha value is -3.10. The van der Waals surface area contributed by atoms with Crippen LogP contribution in [-0.2, 0) is 27.1 Å². The Balaban J connectivity index is 1.63. The second-order valence-electron chi connectivity index (χ2n) is 10.8. The summed E-state index contributed by atoms with van der Waals surface area (Å²) in [6.45, 7) is 3.92. The van der Waals surface area contributed by atoms with Gasteiger partial charge in [0.1, 0.15) is 5.82 Å². The second-order valence-corrected chi connectivity index (χ2v) is 11.2. The summed E-state index contributed by atoms with van der Waals surface area (Å²) in [5.74, 6) is -0.965. The highest BCUT2D eigenvalue weighted by Crippen LogP contribution is 2.40. The van der Waals surface area contributed by atoms with Gasteiger partial charge in [-0.1, -0.05) is 23.7 Å². The van der Waals surface area contributed by atoms with Crippen LogP contribution in [0.25, 0.3) is 11.0 Å². The van der Waals surface area contributed by atoms with Gasteiger partial charge in [0, 0.05) is 36.2 Å². The number of benzene rings is 2. The van der Waals surface area contributed by atoms with Crippen LogP contribution in [0, 0.1) is 6.92 Å². The number of carbonyl (C=O) groups is 2. The molecule has 1 saturated carbocycles. The SMILES string of the molecule is COC(=O)N1c2ccc3c(nc(C[C@@H](C(=O)O)c4ccc(C)c(Cl)c4)n3C3CCC(OC)CC3)c2CC[C@@H]1C. The molecule has 1 aliphatic heterocycles. The lowest BCUT2D eigenvalue weighted by molar-refractivity contribution is -0.138. The van der Waals surface area contributed by atoms with Gasteiger partial charge >= 0.3 is 12.1 Å². The highest BCUT2D eigenvalue weighted by atomic mass is 35.5. The van der Waals surface area contributed by atoms with Gasteiger partial charge in [-0.05, 0) is 81.7 Å². The number of ether oxygens (including phenoxy) is 2. The second kappa shape index (κ2) is 11.2. The molecule has 0 unspecified atom stereocenters. The van der Waals surface area contributed by atoms with E-state index in [4.69, 9.17) is 26.1 Å². The number of anilines is 1. The van der Waals surface area contributed by atoms with Crippen LogP contribution < -0.4 is 4.90 Å². The first-order valence-corrected chi connectivity index (χ1v) is 14.0. The van der Waals surface area contributed by atoms with Crippen LogP contribution in [0.4, 0.5) is 10.5 Å². The summed E-state index contributed by atoms with van der Waals surface area (Å²) in [6, 6.07) is 9.67. The molecule has 0 spiro atoms. The van der Waals surface area contributed by atoms with Gasteiger partial charge in [-0.25, -0.2) is 9.78 Å². The molecule has 0 saturated heterocycles. The first-order valence-electron chi connectivity index (χ1n) is 13.6. The highest BCUT2D eigenvalue weighted by Gasteiger charge is 2.34.